The second-order valence-corrected chi connectivity index (χ2v) is 2.86. The highest BCUT2D eigenvalue weighted by atomic mass is 16.5. The molecular formula is C9H11NO5. The van der Waals surface area contributed by atoms with Crippen molar-refractivity contribution in [3.8, 4) is 0 Å². The van der Waals surface area contributed by atoms with E-state index in [-0.39, 0.29) is 5.91 Å². The zero-order valence-corrected chi connectivity index (χ0v) is 8.19. The van der Waals surface area contributed by atoms with Crippen LogP contribution in [0.3, 0.4) is 0 Å². The molecule has 6 heteroatoms. The Balaban J connectivity index is 2.39. The Kier molecular flexibility index (Phi) is 3.84. The quantitative estimate of drug-likeness (QED) is 0.487. The van der Waals surface area contributed by atoms with Gasteiger partial charge in [0, 0.05) is 25.1 Å². The summed E-state index contributed by atoms with van der Waals surface area (Å²) >= 11 is 0. The van der Waals surface area contributed by atoms with Crippen molar-refractivity contribution in [3.63, 3.8) is 0 Å². The molecule has 1 heterocycles. The van der Waals surface area contributed by atoms with Gasteiger partial charge in [0.05, 0.1) is 7.11 Å². The Bertz CT molecular complexity index is 310. The molecule has 0 spiro atoms. The van der Waals surface area contributed by atoms with Crippen LogP contribution >= 0.6 is 0 Å². The van der Waals surface area contributed by atoms with Gasteiger partial charge >= 0.3 is 11.9 Å². The minimum Gasteiger partial charge on any atom is -0.466 e. The molecule has 0 unspecified atom stereocenters. The summed E-state index contributed by atoms with van der Waals surface area (Å²) in [5.74, 6) is -1.69. The molecule has 1 atom stereocenters. The van der Waals surface area contributed by atoms with E-state index in [0.717, 1.165) is 12.2 Å². The number of rotatable bonds is 3. The van der Waals surface area contributed by atoms with E-state index in [0.29, 0.717) is 13.0 Å². The van der Waals surface area contributed by atoms with Gasteiger partial charge in [-0.25, -0.2) is 9.59 Å². The van der Waals surface area contributed by atoms with E-state index in [2.05, 4.69) is 10.1 Å². The smallest absolute Gasteiger partial charge is 0.331 e. The van der Waals surface area contributed by atoms with Crippen molar-refractivity contribution in [1.29, 1.82) is 0 Å². The first-order valence-electron chi connectivity index (χ1n) is 4.38. The fourth-order valence-corrected chi connectivity index (χ4v) is 1.07. The van der Waals surface area contributed by atoms with E-state index in [1.165, 1.54) is 7.11 Å². The van der Waals surface area contributed by atoms with Crippen molar-refractivity contribution in [2.24, 2.45) is 0 Å². The predicted molar refractivity (Wildman–Crippen MR) is 48.7 cm³/mol. The topological polar surface area (TPSA) is 81.7 Å². The highest BCUT2D eigenvalue weighted by Crippen LogP contribution is 2.05. The van der Waals surface area contributed by atoms with Crippen molar-refractivity contribution < 1.29 is 23.9 Å². The summed E-state index contributed by atoms with van der Waals surface area (Å²) in [7, 11) is 1.20. The summed E-state index contributed by atoms with van der Waals surface area (Å²) in [6, 6.07) is 0. The standard InChI is InChI=1S/C9H11NO5/c1-14-7(11)2-3-8(12)15-6-4-5-10-9(6)13/h2-3,6H,4-5H2,1H3,(H,10,13)/b3-2+/t6-/m1/s1. The van der Waals surface area contributed by atoms with Crippen LogP contribution in [0.25, 0.3) is 0 Å². The van der Waals surface area contributed by atoms with Gasteiger partial charge in [-0.1, -0.05) is 0 Å². The fraction of sp³-hybridized carbons (Fsp3) is 0.444. The lowest BCUT2D eigenvalue weighted by Crippen LogP contribution is -2.27. The molecule has 15 heavy (non-hydrogen) atoms. The first-order chi connectivity index (χ1) is 7.13. The molecule has 1 saturated heterocycles. The van der Waals surface area contributed by atoms with Crippen LogP contribution in [0.4, 0.5) is 0 Å². The van der Waals surface area contributed by atoms with E-state index in [9.17, 15) is 14.4 Å². The van der Waals surface area contributed by atoms with Crippen LogP contribution in [0.15, 0.2) is 12.2 Å². The number of hydrogen-bond acceptors (Lipinski definition) is 5. The average Bonchev–Trinajstić information content (AvgIpc) is 2.61. The van der Waals surface area contributed by atoms with Gasteiger partial charge in [0.25, 0.3) is 5.91 Å². The molecule has 0 saturated carbocycles. The van der Waals surface area contributed by atoms with Crippen LogP contribution in [0, 0.1) is 0 Å². The number of ether oxygens (including phenoxy) is 2. The molecule has 1 fully saturated rings. The second kappa shape index (κ2) is 5.14. The van der Waals surface area contributed by atoms with Crippen LogP contribution < -0.4 is 5.32 Å². The van der Waals surface area contributed by atoms with Crippen molar-refractivity contribution >= 4 is 17.8 Å². The minimum atomic E-state index is -0.750. The zero-order valence-electron chi connectivity index (χ0n) is 8.19. The number of carbonyl (C=O) groups excluding carboxylic acids is 3. The number of amides is 1. The fourth-order valence-electron chi connectivity index (χ4n) is 1.07. The third kappa shape index (κ3) is 3.41. The van der Waals surface area contributed by atoms with E-state index < -0.39 is 18.0 Å². The van der Waals surface area contributed by atoms with Crippen molar-refractivity contribution in [3.05, 3.63) is 12.2 Å². The first-order valence-corrected chi connectivity index (χ1v) is 4.38. The van der Waals surface area contributed by atoms with Gasteiger partial charge in [-0.3, -0.25) is 4.79 Å². The maximum atomic E-state index is 11.1. The molecule has 6 nitrogen and oxygen atoms in total. The molecule has 1 rings (SSSR count). The number of esters is 2. The van der Waals surface area contributed by atoms with Crippen molar-refractivity contribution in [1.82, 2.24) is 5.32 Å². The van der Waals surface area contributed by atoms with E-state index in [1.807, 2.05) is 0 Å². The van der Waals surface area contributed by atoms with E-state index in [4.69, 9.17) is 4.74 Å². The molecule has 0 aromatic rings. The van der Waals surface area contributed by atoms with Crippen LogP contribution in [0.5, 0.6) is 0 Å². The second-order valence-electron chi connectivity index (χ2n) is 2.86. The molecule has 0 bridgehead atoms. The highest BCUT2D eigenvalue weighted by Gasteiger charge is 2.26. The zero-order chi connectivity index (χ0) is 11.3. The number of carbonyl (C=O) groups is 3. The molecule has 0 aliphatic carbocycles. The van der Waals surface area contributed by atoms with E-state index in [1.54, 1.807) is 0 Å². The molecule has 0 aromatic heterocycles. The SMILES string of the molecule is COC(=O)/C=C/C(=O)O[C@@H]1CCNC1=O. The number of hydrogen-bond donors (Lipinski definition) is 1. The Morgan fingerprint density at radius 2 is 2.07 bits per heavy atom. The Morgan fingerprint density at radius 1 is 1.40 bits per heavy atom. The maximum Gasteiger partial charge on any atom is 0.331 e. The summed E-state index contributed by atoms with van der Waals surface area (Å²) in [5, 5.41) is 2.52. The van der Waals surface area contributed by atoms with Crippen molar-refractivity contribution in [2.45, 2.75) is 12.5 Å². The molecule has 1 aliphatic rings. The first kappa shape index (κ1) is 11.2. The van der Waals surface area contributed by atoms with Gasteiger partial charge in [0.1, 0.15) is 0 Å². The normalized spacial score (nSPS) is 20.1. The lowest BCUT2D eigenvalue weighted by atomic mass is 10.3. The summed E-state index contributed by atoms with van der Waals surface area (Å²) in [4.78, 5) is 32.7. The predicted octanol–water partition coefficient (Wildman–Crippen LogP) is -0.853. The molecule has 1 amide bonds. The van der Waals surface area contributed by atoms with Crippen LogP contribution in [0.1, 0.15) is 6.42 Å². The average molecular weight is 213 g/mol. The van der Waals surface area contributed by atoms with Crippen LogP contribution in [-0.2, 0) is 23.9 Å². The lowest BCUT2D eigenvalue weighted by molar-refractivity contribution is -0.149. The van der Waals surface area contributed by atoms with Crippen LogP contribution in [-0.4, -0.2) is 37.6 Å². The third-order valence-electron chi connectivity index (χ3n) is 1.81. The summed E-state index contributed by atoms with van der Waals surface area (Å²) in [5.41, 5.74) is 0. The van der Waals surface area contributed by atoms with Gasteiger partial charge < -0.3 is 14.8 Å². The highest BCUT2D eigenvalue weighted by molar-refractivity contribution is 5.93. The van der Waals surface area contributed by atoms with E-state index >= 15 is 0 Å². The summed E-state index contributed by atoms with van der Waals surface area (Å²) < 4.78 is 9.05. The summed E-state index contributed by atoms with van der Waals surface area (Å²) in [6.07, 6.45) is 1.57. The third-order valence-corrected chi connectivity index (χ3v) is 1.81. The Labute approximate surface area is 86.2 Å². The minimum absolute atomic E-state index is 0.310. The molecule has 1 aliphatic heterocycles. The number of methoxy groups -OCH3 is 1. The largest absolute Gasteiger partial charge is 0.466 e. The van der Waals surface area contributed by atoms with Crippen LogP contribution in [0.2, 0.25) is 0 Å². The molecule has 1 N–H and O–H groups in total. The molecular weight excluding hydrogens is 202 g/mol. The van der Waals surface area contributed by atoms with Gasteiger partial charge in [0.2, 0.25) is 0 Å². The maximum absolute atomic E-state index is 11.1. The molecule has 0 radical (unpaired) electrons. The number of nitrogens with one attached hydrogen (secondary N) is 1. The Hall–Kier alpha value is -1.85. The van der Waals surface area contributed by atoms with Crippen molar-refractivity contribution in [2.75, 3.05) is 13.7 Å². The summed E-state index contributed by atoms with van der Waals surface area (Å²) in [6.45, 7) is 0.498. The molecule has 0 aromatic carbocycles. The Morgan fingerprint density at radius 3 is 2.60 bits per heavy atom. The van der Waals surface area contributed by atoms with Gasteiger partial charge in [-0.15, -0.1) is 0 Å². The lowest BCUT2D eigenvalue weighted by Gasteiger charge is -2.05. The van der Waals surface area contributed by atoms with Gasteiger partial charge in [-0.05, 0) is 0 Å². The molecule has 82 valence electrons. The monoisotopic (exact) mass is 213 g/mol. The van der Waals surface area contributed by atoms with Gasteiger partial charge in [0.15, 0.2) is 6.10 Å². The van der Waals surface area contributed by atoms with Gasteiger partial charge in [-0.2, -0.15) is 0 Å².